The molecule has 0 N–H and O–H groups in total. The minimum atomic E-state index is 0.110. The molecule has 1 heterocycles. The van der Waals surface area contributed by atoms with E-state index < -0.39 is 0 Å². The van der Waals surface area contributed by atoms with E-state index in [1.54, 1.807) is 0 Å². The first kappa shape index (κ1) is 11.8. The molecule has 3 heteroatoms. The number of hydrogen-bond acceptors (Lipinski definition) is 3. The second kappa shape index (κ2) is 4.76. The zero-order chi connectivity index (χ0) is 13.2. The lowest BCUT2D eigenvalue weighted by atomic mass is 10.0. The van der Waals surface area contributed by atoms with Crippen LogP contribution in [0.3, 0.4) is 0 Å². The second-order valence-corrected chi connectivity index (χ2v) is 4.65. The Balaban J connectivity index is 1.77. The molecule has 0 bridgehead atoms. The van der Waals surface area contributed by atoms with Gasteiger partial charge in [-0.25, -0.2) is 0 Å². The Kier molecular flexibility index (Phi) is 2.95. The lowest BCUT2D eigenvalue weighted by Gasteiger charge is -2.03. The van der Waals surface area contributed by atoms with Gasteiger partial charge in [0.2, 0.25) is 6.79 Å². The largest absolute Gasteiger partial charge is 0.454 e. The molecular weight excluding hydrogens is 240 g/mol. The molecular formula is C16H14O3. The Bertz CT molecular complexity index is 614. The Morgan fingerprint density at radius 3 is 2.58 bits per heavy atom. The summed E-state index contributed by atoms with van der Waals surface area (Å²) < 4.78 is 10.6. The Hall–Kier alpha value is -2.29. The van der Waals surface area contributed by atoms with Crippen LogP contribution in [0.25, 0.3) is 0 Å². The van der Waals surface area contributed by atoms with Crippen molar-refractivity contribution in [2.75, 3.05) is 6.79 Å². The van der Waals surface area contributed by atoms with E-state index in [0.717, 1.165) is 22.4 Å². The van der Waals surface area contributed by atoms with Gasteiger partial charge in [0, 0.05) is 12.0 Å². The minimum Gasteiger partial charge on any atom is -0.454 e. The summed E-state index contributed by atoms with van der Waals surface area (Å²) in [6.07, 6.45) is 0.375. The summed E-state index contributed by atoms with van der Waals surface area (Å²) >= 11 is 0. The molecule has 0 aromatic heterocycles. The van der Waals surface area contributed by atoms with E-state index in [4.69, 9.17) is 9.47 Å². The number of rotatable bonds is 3. The first-order chi connectivity index (χ1) is 9.22. The van der Waals surface area contributed by atoms with Crippen molar-refractivity contribution in [3.8, 4) is 11.5 Å². The Morgan fingerprint density at radius 1 is 1.05 bits per heavy atom. The molecule has 0 spiro atoms. The minimum absolute atomic E-state index is 0.110. The van der Waals surface area contributed by atoms with Gasteiger partial charge < -0.3 is 9.47 Å². The van der Waals surface area contributed by atoms with Gasteiger partial charge in [0.15, 0.2) is 17.3 Å². The molecule has 0 atom stereocenters. The number of hydrogen-bond donors (Lipinski definition) is 0. The van der Waals surface area contributed by atoms with Gasteiger partial charge >= 0.3 is 0 Å². The number of carbonyl (C=O) groups is 1. The summed E-state index contributed by atoms with van der Waals surface area (Å²) in [5, 5.41) is 0. The van der Waals surface area contributed by atoms with Crippen molar-refractivity contribution in [3.63, 3.8) is 0 Å². The molecule has 0 fully saturated rings. The molecule has 1 aliphatic rings. The maximum Gasteiger partial charge on any atom is 0.231 e. The topological polar surface area (TPSA) is 35.5 Å². The van der Waals surface area contributed by atoms with Crippen molar-refractivity contribution in [1.29, 1.82) is 0 Å². The highest BCUT2D eigenvalue weighted by atomic mass is 16.7. The van der Waals surface area contributed by atoms with Crippen LogP contribution in [-0.4, -0.2) is 12.6 Å². The summed E-state index contributed by atoms with van der Waals surface area (Å²) in [4.78, 5) is 12.2. The molecule has 1 aliphatic heterocycles. The summed E-state index contributed by atoms with van der Waals surface area (Å²) in [5.74, 6) is 1.57. The van der Waals surface area contributed by atoms with E-state index in [9.17, 15) is 4.79 Å². The van der Waals surface area contributed by atoms with Gasteiger partial charge in [-0.15, -0.1) is 0 Å². The Morgan fingerprint density at radius 2 is 1.79 bits per heavy atom. The summed E-state index contributed by atoms with van der Waals surface area (Å²) in [6, 6.07) is 13.3. The molecule has 96 valence electrons. The Labute approximate surface area is 111 Å². The smallest absolute Gasteiger partial charge is 0.231 e. The van der Waals surface area contributed by atoms with E-state index in [2.05, 4.69) is 0 Å². The van der Waals surface area contributed by atoms with Crippen LogP contribution in [-0.2, 0) is 6.42 Å². The second-order valence-electron chi connectivity index (χ2n) is 4.65. The van der Waals surface area contributed by atoms with Gasteiger partial charge in [-0.1, -0.05) is 35.9 Å². The lowest BCUT2D eigenvalue weighted by Crippen LogP contribution is -2.03. The van der Waals surface area contributed by atoms with Gasteiger partial charge in [-0.3, -0.25) is 4.79 Å². The lowest BCUT2D eigenvalue weighted by molar-refractivity contribution is 0.0993. The third-order valence-electron chi connectivity index (χ3n) is 3.18. The number of ether oxygens (including phenoxy) is 2. The molecule has 3 nitrogen and oxygen atoms in total. The van der Waals surface area contributed by atoms with Crippen LogP contribution >= 0.6 is 0 Å². The van der Waals surface area contributed by atoms with E-state index in [-0.39, 0.29) is 12.6 Å². The number of aryl methyl sites for hydroxylation is 1. The molecule has 19 heavy (non-hydrogen) atoms. The van der Waals surface area contributed by atoms with E-state index >= 15 is 0 Å². The van der Waals surface area contributed by atoms with E-state index in [1.165, 1.54) is 0 Å². The average Bonchev–Trinajstić information content (AvgIpc) is 2.87. The molecule has 0 aliphatic carbocycles. The van der Waals surface area contributed by atoms with Crippen molar-refractivity contribution in [1.82, 2.24) is 0 Å². The fourth-order valence-corrected chi connectivity index (χ4v) is 2.08. The average molecular weight is 254 g/mol. The third-order valence-corrected chi connectivity index (χ3v) is 3.18. The van der Waals surface area contributed by atoms with Crippen LogP contribution in [0.2, 0.25) is 0 Å². The van der Waals surface area contributed by atoms with Crippen molar-refractivity contribution >= 4 is 5.78 Å². The number of carbonyl (C=O) groups excluding carboxylic acids is 1. The molecule has 0 radical (unpaired) electrons. The summed E-state index contributed by atoms with van der Waals surface area (Å²) in [7, 11) is 0. The molecule has 0 saturated carbocycles. The maximum absolute atomic E-state index is 12.2. The van der Waals surface area contributed by atoms with Crippen LogP contribution in [0.5, 0.6) is 11.5 Å². The predicted octanol–water partition coefficient (Wildman–Crippen LogP) is 3.15. The predicted molar refractivity (Wildman–Crippen MR) is 71.8 cm³/mol. The number of benzene rings is 2. The standard InChI is InChI=1S/C16H14O3/c1-11-2-5-13(6-3-11)14(17)8-12-4-7-15-16(9-12)19-10-18-15/h2-7,9H,8,10H2,1H3. The van der Waals surface area contributed by atoms with Crippen LogP contribution in [0.1, 0.15) is 21.5 Å². The summed E-state index contributed by atoms with van der Waals surface area (Å²) in [6.45, 7) is 2.26. The normalized spacial score (nSPS) is 12.5. The van der Waals surface area contributed by atoms with Crippen LogP contribution in [0.4, 0.5) is 0 Å². The SMILES string of the molecule is Cc1ccc(C(=O)Cc2ccc3c(c2)OCO3)cc1. The highest BCUT2D eigenvalue weighted by Gasteiger charge is 2.14. The molecule has 3 rings (SSSR count). The van der Waals surface area contributed by atoms with Crippen LogP contribution in [0, 0.1) is 6.92 Å². The van der Waals surface area contributed by atoms with Crippen molar-refractivity contribution in [2.24, 2.45) is 0 Å². The van der Waals surface area contributed by atoms with Gasteiger partial charge in [0.25, 0.3) is 0 Å². The zero-order valence-corrected chi connectivity index (χ0v) is 10.7. The van der Waals surface area contributed by atoms with E-state index in [0.29, 0.717) is 12.2 Å². The zero-order valence-electron chi connectivity index (χ0n) is 10.7. The van der Waals surface area contributed by atoms with Crippen LogP contribution < -0.4 is 9.47 Å². The van der Waals surface area contributed by atoms with Crippen molar-refractivity contribution in [2.45, 2.75) is 13.3 Å². The van der Waals surface area contributed by atoms with Gasteiger partial charge in [0.05, 0.1) is 0 Å². The first-order valence-corrected chi connectivity index (χ1v) is 6.21. The highest BCUT2D eigenvalue weighted by Crippen LogP contribution is 2.32. The quantitative estimate of drug-likeness (QED) is 0.789. The first-order valence-electron chi connectivity index (χ1n) is 6.21. The molecule has 0 unspecified atom stereocenters. The van der Waals surface area contributed by atoms with E-state index in [1.807, 2.05) is 49.4 Å². The van der Waals surface area contributed by atoms with Gasteiger partial charge in [-0.05, 0) is 24.6 Å². The monoisotopic (exact) mass is 254 g/mol. The number of fused-ring (bicyclic) bond motifs is 1. The van der Waals surface area contributed by atoms with Crippen LogP contribution in [0.15, 0.2) is 42.5 Å². The third kappa shape index (κ3) is 2.45. The molecule has 2 aromatic carbocycles. The molecule has 2 aromatic rings. The van der Waals surface area contributed by atoms with Gasteiger partial charge in [-0.2, -0.15) is 0 Å². The molecule has 0 amide bonds. The van der Waals surface area contributed by atoms with Crippen molar-refractivity contribution in [3.05, 3.63) is 59.2 Å². The number of Topliss-reactive ketones (excluding diaryl/α,β-unsaturated/α-hetero) is 1. The van der Waals surface area contributed by atoms with Gasteiger partial charge in [0.1, 0.15) is 0 Å². The molecule has 0 saturated heterocycles. The van der Waals surface area contributed by atoms with Crippen molar-refractivity contribution < 1.29 is 14.3 Å². The fourth-order valence-electron chi connectivity index (χ4n) is 2.08. The maximum atomic E-state index is 12.2. The fraction of sp³-hybridized carbons (Fsp3) is 0.188. The summed E-state index contributed by atoms with van der Waals surface area (Å²) in [5.41, 5.74) is 2.83. The highest BCUT2D eigenvalue weighted by molar-refractivity contribution is 5.97. The number of ketones is 1.